The highest BCUT2D eigenvalue weighted by Gasteiger charge is 2.20. The lowest BCUT2D eigenvalue weighted by molar-refractivity contribution is 0.103. The molecule has 0 radical (unpaired) electrons. The van der Waals surface area contributed by atoms with Crippen LogP contribution in [-0.2, 0) is 0 Å². The van der Waals surface area contributed by atoms with Gasteiger partial charge in [-0.05, 0) is 66.6 Å². The molecule has 3 heterocycles. The Hall–Kier alpha value is -4.72. The van der Waals surface area contributed by atoms with Crippen molar-refractivity contribution in [3.8, 4) is 16.8 Å². The average molecular weight is 450 g/mol. The third-order valence-electron chi connectivity index (χ3n) is 5.90. The van der Waals surface area contributed by atoms with E-state index in [1.165, 1.54) is 23.0 Å². The van der Waals surface area contributed by atoms with Crippen LogP contribution in [0.3, 0.4) is 0 Å². The number of nitrogens with zero attached hydrogens (tertiary/aromatic N) is 3. The van der Waals surface area contributed by atoms with Gasteiger partial charge in [-0.15, -0.1) is 0 Å². The summed E-state index contributed by atoms with van der Waals surface area (Å²) >= 11 is 0. The molecule has 0 saturated carbocycles. The Kier molecular flexibility index (Phi) is 4.35. The molecule has 3 aromatic heterocycles. The summed E-state index contributed by atoms with van der Waals surface area (Å²) in [4.78, 5) is 24.0. The molecule has 8 heteroatoms. The number of anilines is 1. The zero-order valence-electron chi connectivity index (χ0n) is 18.1. The molecule has 0 bridgehead atoms. The monoisotopic (exact) mass is 450 g/mol. The second-order valence-corrected chi connectivity index (χ2v) is 8.20. The number of H-pyrrole nitrogens is 2. The van der Waals surface area contributed by atoms with E-state index < -0.39 is 0 Å². The van der Waals surface area contributed by atoms with Gasteiger partial charge >= 0.3 is 0 Å². The van der Waals surface area contributed by atoms with E-state index >= 15 is 0 Å². The highest BCUT2D eigenvalue weighted by Crippen LogP contribution is 2.28. The van der Waals surface area contributed by atoms with E-state index in [0.717, 1.165) is 44.6 Å². The van der Waals surface area contributed by atoms with Crippen molar-refractivity contribution in [2.75, 3.05) is 5.73 Å². The van der Waals surface area contributed by atoms with E-state index in [2.05, 4.69) is 20.1 Å². The van der Waals surface area contributed by atoms with E-state index in [0.29, 0.717) is 11.3 Å². The quantitative estimate of drug-likeness (QED) is 0.323. The van der Waals surface area contributed by atoms with Crippen molar-refractivity contribution >= 4 is 33.5 Å². The third-order valence-corrected chi connectivity index (χ3v) is 5.90. The number of imidazole rings is 1. The number of carbonyl (C=O) groups excluding carboxylic acids is 1. The Morgan fingerprint density at radius 2 is 1.82 bits per heavy atom. The maximum atomic E-state index is 13.6. The smallest absolute Gasteiger partial charge is 0.214 e. The molecule has 0 aliphatic rings. The van der Waals surface area contributed by atoms with Crippen molar-refractivity contribution in [1.82, 2.24) is 24.7 Å². The Bertz CT molecular complexity index is 1720. The molecule has 7 nitrogen and oxygen atoms in total. The van der Waals surface area contributed by atoms with Crippen LogP contribution in [0.5, 0.6) is 0 Å². The number of nitrogens with one attached hydrogen (secondary N) is 2. The van der Waals surface area contributed by atoms with Gasteiger partial charge in [0, 0.05) is 10.9 Å². The fraction of sp³-hybridized carbons (Fsp3) is 0.0385. The maximum absolute atomic E-state index is 13.6. The molecule has 34 heavy (non-hydrogen) atoms. The number of rotatable bonds is 4. The van der Waals surface area contributed by atoms with Crippen LogP contribution in [0.25, 0.3) is 38.8 Å². The first kappa shape index (κ1) is 19.9. The summed E-state index contributed by atoms with van der Waals surface area (Å²) < 4.78 is 15.2. The number of hydrogen-bond donors (Lipinski definition) is 3. The molecule has 6 aromatic rings. The number of ketones is 1. The van der Waals surface area contributed by atoms with Crippen molar-refractivity contribution < 1.29 is 9.18 Å². The van der Waals surface area contributed by atoms with Gasteiger partial charge in [0.2, 0.25) is 5.78 Å². The maximum Gasteiger partial charge on any atom is 0.214 e. The summed E-state index contributed by atoms with van der Waals surface area (Å²) in [5.41, 5.74) is 11.9. The molecule has 0 aliphatic carbocycles. The van der Waals surface area contributed by atoms with Crippen LogP contribution in [0.1, 0.15) is 21.9 Å². The number of fused-ring (bicyclic) bond motifs is 2. The number of aromatic nitrogens is 5. The van der Waals surface area contributed by atoms with Crippen LogP contribution >= 0.6 is 0 Å². The minimum atomic E-state index is -0.295. The topological polar surface area (TPSA) is 105 Å². The highest BCUT2D eigenvalue weighted by atomic mass is 19.1. The van der Waals surface area contributed by atoms with Gasteiger partial charge in [-0.3, -0.25) is 4.79 Å². The zero-order chi connectivity index (χ0) is 23.4. The number of hydrogen-bond acceptors (Lipinski definition) is 4. The lowest BCUT2D eigenvalue weighted by Crippen LogP contribution is -2.07. The number of aryl methyl sites for hydroxylation is 1. The van der Waals surface area contributed by atoms with Crippen molar-refractivity contribution in [3.05, 3.63) is 95.8 Å². The number of carbonyl (C=O) groups is 1. The van der Waals surface area contributed by atoms with Crippen LogP contribution < -0.4 is 5.73 Å². The van der Waals surface area contributed by atoms with Gasteiger partial charge < -0.3 is 15.7 Å². The number of nitrogens with two attached hydrogens (primary N) is 1. The normalized spacial score (nSPS) is 11.5. The summed E-state index contributed by atoms with van der Waals surface area (Å²) in [5.74, 6) is 0.512. The molecule has 0 saturated heterocycles. The predicted molar refractivity (Wildman–Crippen MR) is 129 cm³/mol. The SMILES string of the molecule is Cc1nc2ccc(-n3ncc(C(=O)c4cc5cc(-c6cccc(F)c6)ccc5[nH]4)c3N)cc2[nH]1. The predicted octanol–water partition coefficient (Wildman–Crippen LogP) is 5.16. The molecule has 4 N–H and O–H groups in total. The molecule has 0 atom stereocenters. The summed E-state index contributed by atoms with van der Waals surface area (Å²) in [6, 6.07) is 19.5. The Labute approximate surface area is 193 Å². The average Bonchev–Trinajstić information content (AvgIpc) is 3.53. The number of aromatic amines is 2. The van der Waals surface area contributed by atoms with Gasteiger partial charge in [-0.1, -0.05) is 18.2 Å². The summed E-state index contributed by atoms with van der Waals surface area (Å²) in [6.07, 6.45) is 1.48. The standard InChI is InChI=1S/C26H19FN6O/c1-14-30-22-8-6-19(12-23(22)31-14)33-26(28)20(13-29-33)25(34)24-11-17-9-16(5-7-21(17)32-24)15-3-2-4-18(27)10-15/h2-13,32H,28H2,1H3,(H,30,31). The largest absolute Gasteiger partial charge is 0.383 e. The molecular formula is C26H19FN6O. The molecule has 0 aliphatic heterocycles. The van der Waals surface area contributed by atoms with Gasteiger partial charge in [0.15, 0.2) is 0 Å². The first-order chi connectivity index (χ1) is 16.5. The zero-order valence-corrected chi connectivity index (χ0v) is 18.1. The second kappa shape index (κ2) is 7.41. The van der Waals surface area contributed by atoms with Crippen LogP contribution in [0.4, 0.5) is 10.2 Å². The molecule has 166 valence electrons. The third kappa shape index (κ3) is 3.24. The minimum Gasteiger partial charge on any atom is -0.383 e. The van der Waals surface area contributed by atoms with Gasteiger partial charge in [-0.2, -0.15) is 5.10 Å². The van der Waals surface area contributed by atoms with Gasteiger partial charge in [-0.25, -0.2) is 14.1 Å². The molecule has 3 aromatic carbocycles. The fourth-order valence-corrected chi connectivity index (χ4v) is 4.24. The highest BCUT2D eigenvalue weighted by molar-refractivity contribution is 6.12. The molecule has 0 unspecified atom stereocenters. The minimum absolute atomic E-state index is 0.250. The second-order valence-electron chi connectivity index (χ2n) is 8.20. The molecular weight excluding hydrogens is 431 g/mol. The van der Waals surface area contributed by atoms with Crippen molar-refractivity contribution in [3.63, 3.8) is 0 Å². The first-order valence-electron chi connectivity index (χ1n) is 10.7. The van der Waals surface area contributed by atoms with Crippen molar-refractivity contribution in [1.29, 1.82) is 0 Å². The summed E-state index contributed by atoms with van der Waals surface area (Å²) in [7, 11) is 0. The molecule has 0 fully saturated rings. The lowest BCUT2D eigenvalue weighted by atomic mass is 10.0. The fourth-order valence-electron chi connectivity index (χ4n) is 4.24. The summed E-state index contributed by atoms with van der Waals surface area (Å²) in [6.45, 7) is 1.89. The molecule has 0 spiro atoms. The van der Waals surface area contributed by atoms with E-state index in [-0.39, 0.29) is 17.4 Å². The molecule has 6 rings (SSSR count). The Morgan fingerprint density at radius 3 is 2.68 bits per heavy atom. The van der Waals surface area contributed by atoms with Crippen LogP contribution in [-0.4, -0.2) is 30.5 Å². The van der Waals surface area contributed by atoms with Crippen LogP contribution in [0, 0.1) is 12.7 Å². The lowest BCUT2D eigenvalue weighted by Gasteiger charge is -2.05. The van der Waals surface area contributed by atoms with Gasteiger partial charge in [0.1, 0.15) is 17.5 Å². The first-order valence-corrected chi connectivity index (χ1v) is 10.7. The Morgan fingerprint density at radius 1 is 0.971 bits per heavy atom. The van der Waals surface area contributed by atoms with E-state index in [1.807, 2.05) is 49.4 Å². The number of halogens is 1. The van der Waals surface area contributed by atoms with E-state index in [1.54, 1.807) is 12.1 Å². The van der Waals surface area contributed by atoms with Gasteiger partial charge in [0.05, 0.1) is 34.2 Å². The van der Waals surface area contributed by atoms with Crippen LogP contribution in [0.2, 0.25) is 0 Å². The van der Waals surface area contributed by atoms with Gasteiger partial charge in [0.25, 0.3) is 0 Å². The summed E-state index contributed by atoms with van der Waals surface area (Å²) in [5, 5.41) is 5.19. The Balaban J connectivity index is 1.35. The van der Waals surface area contributed by atoms with E-state index in [4.69, 9.17) is 5.73 Å². The number of nitrogen functional groups attached to an aromatic ring is 1. The van der Waals surface area contributed by atoms with Crippen molar-refractivity contribution in [2.24, 2.45) is 0 Å². The van der Waals surface area contributed by atoms with Crippen molar-refractivity contribution in [2.45, 2.75) is 6.92 Å². The number of benzene rings is 3. The van der Waals surface area contributed by atoms with Crippen LogP contribution in [0.15, 0.2) is 72.9 Å². The van der Waals surface area contributed by atoms with E-state index in [9.17, 15) is 9.18 Å². The molecule has 0 amide bonds.